The number of aromatic nitrogens is 4. The van der Waals surface area contributed by atoms with E-state index in [1.54, 1.807) is 11.1 Å². The smallest absolute Gasteiger partial charge is 0.276 e. The molecule has 4 heterocycles. The molecule has 156 valence electrons. The molecule has 1 N–H and O–H groups in total. The van der Waals surface area contributed by atoms with Gasteiger partial charge in [-0.05, 0) is 23.4 Å². The Morgan fingerprint density at radius 2 is 1.81 bits per heavy atom. The van der Waals surface area contributed by atoms with Gasteiger partial charge >= 0.3 is 0 Å². The Bertz CT molecular complexity index is 1550. The number of nitrogens with one attached hydrogen (secondary N) is 1. The molecule has 0 saturated carbocycles. The maximum absolute atomic E-state index is 13.3. The fraction of sp³-hybridized carbons (Fsp3) is 0.120. The number of carbonyl (C=O) groups is 1. The van der Waals surface area contributed by atoms with E-state index in [0.29, 0.717) is 35.6 Å². The van der Waals surface area contributed by atoms with Gasteiger partial charge in [0.1, 0.15) is 5.69 Å². The molecule has 0 bridgehead atoms. The molecule has 7 nitrogen and oxygen atoms in total. The van der Waals surface area contributed by atoms with E-state index in [4.69, 9.17) is 4.98 Å². The highest BCUT2D eigenvalue weighted by atomic mass is 16.2. The number of fused-ring (bicyclic) bond motifs is 3. The highest BCUT2D eigenvalue weighted by Gasteiger charge is 2.27. The van der Waals surface area contributed by atoms with Crippen LogP contribution < -0.4 is 5.56 Å². The summed E-state index contributed by atoms with van der Waals surface area (Å²) in [5.41, 5.74) is 3.97. The lowest BCUT2D eigenvalue weighted by atomic mass is 10.0. The molecule has 0 fully saturated rings. The largest absolute Gasteiger partial charge is 0.331 e. The number of H-pyrrole nitrogens is 1. The van der Waals surface area contributed by atoms with E-state index in [0.717, 1.165) is 22.0 Å². The van der Waals surface area contributed by atoms with Crippen molar-refractivity contribution in [3.8, 4) is 11.3 Å². The number of aromatic amines is 1. The summed E-state index contributed by atoms with van der Waals surface area (Å²) < 4.78 is 1.49. The van der Waals surface area contributed by atoms with Gasteiger partial charge in [0.25, 0.3) is 11.5 Å². The van der Waals surface area contributed by atoms with E-state index in [-0.39, 0.29) is 18.0 Å². The predicted octanol–water partition coefficient (Wildman–Crippen LogP) is 3.44. The lowest BCUT2D eigenvalue weighted by Gasteiger charge is -2.27. The fourth-order valence-corrected chi connectivity index (χ4v) is 4.37. The number of pyridine rings is 1. The minimum absolute atomic E-state index is 0.109. The second-order valence-electron chi connectivity index (χ2n) is 7.93. The molecule has 1 aliphatic rings. The van der Waals surface area contributed by atoms with Crippen molar-refractivity contribution in [1.29, 1.82) is 0 Å². The number of amides is 1. The number of nitrogens with zero attached hydrogens (tertiary/aromatic N) is 4. The summed E-state index contributed by atoms with van der Waals surface area (Å²) in [6.07, 6.45) is 2.12. The highest BCUT2D eigenvalue weighted by Crippen LogP contribution is 2.23. The van der Waals surface area contributed by atoms with Gasteiger partial charge in [-0.1, -0.05) is 54.6 Å². The second kappa shape index (κ2) is 7.16. The molecule has 7 heteroatoms. The molecule has 0 radical (unpaired) electrons. The van der Waals surface area contributed by atoms with Crippen LogP contribution >= 0.6 is 0 Å². The molecule has 0 atom stereocenters. The number of hydrogen-bond acceptors (Lipinski definition) is 4. The van der Waals surface area contributed by atoms with Crippen molar-refractivity contribution in [1.82, 2.24) is 24.5 Å². The van der Waals surface area contributed by atoms with E-state index in [1.165, 1.54) is 4.52 Å². The third-order valence-electron chi connectivity index (χ3n) is 6.01. The van der Waals surface area contributed by atoms with Crippen LogP contribution in [-0.4, -0.2) is 36.9 Å². The third kappa shape index (κ3) is 2.90. The molecule has 0 spiro atoms. The molecule has 1 aliphatic heterocycles. The van der Waals surface area contributed by atoms with Crippen LogP contribution in [0, 0.1) is 0 Å². The maximum Gasteiger partial charge on any atom is 0.276 e. The summed E-state index contributed by atoms with van der Waals surface area (Å²) in [6, 6.07) is 21.3. The van der Waals surface area contributed by atoms with Crippen LogP contribution in [0.2, 0.25) is 0 Å². The third-order valence-corrected chi connectivity index (χ3v) is 6.01. The van der Waals surface area contributed by atoms with Crippen molar-refractivity contribution in [2.24, 2.45) is 0 Å². The summed E-state index contributed by atoms with van der Waals surface area (Å²) in [5.74, 6) is -0.145. The highest BCUT2D eigenvalue weighted by molar-refractivity contribution is 6.05. The molecule has 3 aromatic heterocycles. The normalized spacial score (nSPS) is 13.4. The van der Waals surface area contributed by atoms with E-state index >= 15 is 0 Å². The average Bonchev–Trinajstić information content (AvgIpc) is 3.28. The Morgan fingerprint density at radius 1 is 1.00 bits per heavy atom. The summed E-state index contributed by atoms with van der Waals surface area (Å²) in [7, 11) is 0. The topological polar surface area (TPSA) is 83.4 Å². The van der Waals surface area contributed by atoms with Crippen molar-refractivity contribution in [3.63, 3.8) is 0 Å². The van der Waals surface area contributed by atoms with Crippen LogP contribution in [0.1, 0.15) is 21.7 Å². The quantitative estimate of drug-likeness (QED) is 0.473. The van der Waals surface area contributed by atoms with Gasteiger partial charge in [-0.2, -0.15) is 0 Å². The zero-order valence-electron chi connectivity index (χ0n) is 17.2. The first-order valence-electron chi connectivity index (χ1n) is 10.5. The van der Waals surface area contributed by atoms with Crippen molar-refractivity contribution in [3.05, 3.63) is 100 Å². The minimum Gasteiger partial charge on any atom is -0.331 e. The molecule has 32 heavy (non-hydrogen) atoms. The number of hydrogen-bond donors (Lipinski definition) is 1. The first kappa shape index (κ1) is 18.5. The first-order chi connectivity index (χ1) is 15.7. The van der Waals surface area contributed by atoms with Gasteiger partial charge < -0.3 is 4.90 Å². The van der Waals surface area contributed by atoms with Gasteiger partial charge in [-0.15, -0.1) is 0 Å². The van der Waals surface area contributed by atoms with E-state index < -0.39 is 0 Å². The van der Waals surface area contributed by atoms with Gasteiger partial charge in [0.15, 0.2) is 5.65 Å². The molecule has 1 amide bonds. The first-order valence-corrected chi connectivity index (χ1v) is 10.5. The van der Waals surface area contributed by atoms with Gasteiger partial charge in [0.2, 0.25) is 0 Å². The van der Waals surface area contributed by atoms with Crippen LogP contribution in [-0.2, 0) is 13.0 Å². The van der Waals surface area contributed by atoms with Crippen LogP contribution in [0.4, 0.5) is 0 Å². The molecule has 5 aromatic rings. The molecular weight excluding hydrogens is 402 g/mol. The van der Waals surface area contributed by atoms with Crippen molar-refractivity contribution >= 4 is 22.3 Å². The molecule has 0 saturated heterocycles. The van der Waals surface area contributed by atoms with Crippen LogP contribution in [0.3, 0.4) is 0 Å². The Morgan fingerprint density at radius 3 is 2.69 bits per heavy atom. The van der Waals surface area contributed by atoms with Gasteiger partial charge in [-0.3, -0.25) is 19.7 Å². The number of benzene rings is 2. The number of carbonyl (C=O) groups excluding carboxylic acids is 1. The SMILES string of the molecule is O=C(c1nccc2ccccc12)N1CCc2c(nc3cc(-c4ccccc4)[nH]n3c2=O)C1. The molecule has 2 aromatic carbocycles. The van der Waals surface area contributed by atoms with Crippen molar-refractivity contribution in [2.75, 3.05) is 6.54 Å². The predicted molar refractivity (Wildman–Crippen MR) is 121 cm³/mol. The molecule has 0 aliphatic carbocycles. The minimum atomic E-state index is -0.145. The second-order valence-corrected chi connectivity index (χ2v) is 7.93. The fourth-order valence-electron chi connectivity index (χ4n) is 4.37. The number of rotatable bonds is 2. The molecule has 0 unspecified atom stereocenters. The zero-order valence-corrected chi connectivity index (χ0v) is 17.2. The van der Waals surface area contributed by atoms with Gasteiger partial charge in [0, 0.05) is 29.8 Å². The van der Waals surface area contributed by atoms with Crippen molar-refractivity contribution < 1.29 is 4.79 Å². The zero-order chi connectivity index (χ0) is 21.7. The summed E-state index contributed by atoms with van der Waals surface area (Å²) in [6.45, 7) is 0.739. The van der Waals surface area contributed by atoms with Crippen molar-refractivity contribution in [2.45, 2.75) is 13.0 Å². The van der Waals surface area contributed by atoms with E-state index in [1.807, 2.05) is 66.7 Å². The Kier molecular flexibility index (Phi) is 4.14. The Hall–Kier alpha value is -4.26. The van der Waals surface area contributed by atoms with Crippen LogP contribution in [0.5, 0.6) is 0 Å². The van der Waals surface area contributed by atoms with E-state index in [2.05, 4.69) is 10.1 Å². The van der Waals surface area contributed by atoms with Gasteiger partial charge in [-0.25, -0.2) is 9.50 Å². The summed E-state index contributed by atoms with van der Waals surface area (Å²) in [4.78, 5) is 37.2. The summed E-state index contributed by atoms with van der Waals surface area (Å²) >= 11 is 0. The Balaban J connectivity index is 1.38. The van der Waals surface area contributed by atoms with E-state index in [9.17, 15) is 9.59 Å². The lowest BCUT2D eigenvalue weighted by Crippen LogP contribution is -2.40. The average molecular weight is 421 g/mol. The van der Waals surface area contributed by atoms with Crippen LogP contribution in [0.15, 0.2) is 77.7 Å². The summed E-state index contributed by atoms with van der Waals surface area (Å²) in [5, 5.41) is 4.96. The maximum atomic E-state index is 13.3. The van der Waals surface area contributed by atoms with Crippen LogP contribution in [0.25, 0.3) is 27.7 Å². The van der Waals surface area contributed by atoms with Gasteiger partial charge in [0.05, 0.1) is 17.9 Å². The monoisotopic (exact) mass is 421 g/mol. The molecule has 6 rings (SSSR count). The molecular formula is C25H19N5O2. The lowest BCUT2D eigenvalue weighted by molar-refractivity contribution is 0.0727. The standard InChI is InChI=1S/C25H19N5O2/c31-24-19-11-13-29(25(32)23-18-9-5-4-6-16(18)10-12-26-23)15-21(19)27-22-14-20(28-30(22)24)17-7-2-1-3-8-17/h1-10,12,14,28H,11,13,15H2. The Labute approximate surface area is 183 Å².